The molecule has 0 saturated carbocycles. The molecule has 3 rings (SSSR count). The monoisotopic (exact) mass is 452 g/mol. The van der Waals surface area contributed by atoms with E-state index in [9.17, 15) is 14.7 Å². The van der Waals surface area contributed by atoms with Gasteiger partial charge in [-0.15, -0.1) is 0 Å². The molecule has 1 atom stereocenters. The molecule has 1 heterocycles. The minimum atomic E-state index is -0.717. The maximum absolute atomic E-state index is 13.2. The first-order valence-corrected chi connectivity index (χ1v) is 11.0. The number of hydrogen-bond acceptors (Lipinski definition) is 6. The summed E-state index contributed by atoms with van der Waals surface area (Å²) in [6.45, 7) is 7.14. The summed E-state index contributed by atoms with van der Waals surface area (Å²) < 4.78 is 11.1. The Balaban J connectivity index is 2.20. The Kier molecular flexibility index (Phi) is 7.43. The maximum atomic E-state index is 13.2. The topological polar surface area (TPSA) is 79.3 Å². The molecule has 33 heavy (non-hydrogen) atoms. The van der Waals surface area contributed by atoms with Crippen LogP contribution < -0.4 is 9.47 Å². The van der Waals surface area contributed by atoms with Gasteiger partial charge in [0.05, 0.1) is 30.9 Å². The summed E-state index contributed by atoms with van der Waals surface area (Å²) in [5.74, 6) is -0.388. The summed E-state index contributed by atoms with van der Waals surface area (Å²) in [5, 5.41) is 11.4. The van der Waals surface area contributed by atoms with Crippen LogP contribution in [0, 0.1) is 13.8 Å². The predicted octanol–water partition coefficient (Wildman–Crippen LogP) is 3.69. The van der Waals surface area contributed by atoms with Gasteiger partial charge in [-0.05, 0) is 69.8 Å². The van der Waals surface area contributed by atoms with Crippen LogP contribution >= 0.6 is 0 Å². The van der Waals surface area contributed by atoms with E-state index in [-0.39, 0.29) is 11.3 Å². The van der Waals surface area contributed by atoms with E-state index in [2.05, 4.69) is 0 Å². The van der Waals surface area contributed by atoms with Crippen molar-refractivity contribution in [2.24, 2.45) is 0 Å². The van der Waals surface area contributed by atoms with Gasteiger partial charge in [-0.3, -0.25) is 9.59 Å². The zero-order chi connectivity index (χ0) is 24.3. The van der Waals surface area contributed by atoms with Crippen LogP contribution in [0.25, 0.3) is 5.76 Å². The van der Waals surface area contributed by atoms with Gasteiger partial charge < -0.3 is 24.4 Å². The molecule has 0 aromatic heterocycles. The molecule has 1 amide bonds. The summed E-state index contributed by atoms with van der Waals surface area (Å²) in [5.41, 5.74) is 2.93. The lowest BCUT2D eigenvalue weighted by atomic mass is 9.93. The number of likely N-dealkylation sites (N-methyl/N-ethyl adjacent to an activating group) is 1. The Hall–Kier alpha value is -3.32. The van der Waals surface area contributed by atoms with Crippen molar-refractivity contribution in [3.05, 3.63) is 64.2 Å². The number of aliphatic hydroxyl groups excluding tert-OH is 1. The standard InChI is InChI=1S/C26H32N2O5/c1-7-33-19-10-8-18(9-11-19)22-21(24(30)26(31)28(22)13-12-27(4)5)23(29)20-15-16(2)14-17(3)25(20)32-6/h8-11,14-15,22,29H,7,12-13H2,1-6H3/b23-21+. The molecule has 176 valence electrons. The summed E-state index contributed by atoms with van der Waals surface area (Å²) in [6.07, 6.45) is 0. The molecule has 7 heteroatoms. The fourth-order valence-electron chi connectivity index (χ4n) is 4.22. The molecule has 0 spiro atoms. The SMILES string of the molecule is CCOc1ccc(C2/C(=C(\O)c3cc(C)cc(C)c3OC)C(=O)C(=O)N2CCN(C)C)cc1. The van der Waals surface area contributed by atoms with E-state index in [1.54, 1.807) is 6.07 Å². The van der Waals surface area contributed by atoms with Crippen molar-refractivity contribution < 1.29 is 24.2 Å². The zero-order valence-corrected chi connectivity index (χ0v) is 20.1. The van der Waals surface area contributed by atoms with Crippen LogP contribution in [0.15, 0.2) is 42.0 Å². The Bertz CT molecular complexity index is 1070. The molecule has 2 aromatic rings. The summed E-state index contributed by atoms with van der Waals surface area (Å²) in [7, 11) is 5.33. The number of nitrogens with zero attached hydrogens (tertiary/aromatic N) is 2. The minimum absolute atomic E-state index is 0.0613. The molecule has 0 aliphatic carbocycles. The number of carbonyl (C=O) groups excluding carboxylic acids is 2. The molecule has 1 saturated heterocycles. The molecule has 0 radical (unpaired) electrons. The largest absolute Gasteiger partial charge is 0.507 e. The minimum Gasteiger partial charge on any atom is -0.507 e. The van der Waals surface area contributed by atoms with E-state index in [0.717, 1.165) is 16.7 Å². The van der Waals surface area contributed by atoms with Gasteiger partial charge in [0.1, 0.15) is 17.3 Å². The van der Waals surface area contributed by atoms with E-state index >= 15 is 0 Å². The molecular formula is C26H32N2O5. The zero-order valence-electron chi connectivity index (χ0n) is 20.1. The maximum Gasteiger partial charge on any atom is 0.295 e. The average molecular weight is 453 g/mol. The molecule has 1 fully saturated rings. The molecule has 1 unspecified atom stereocenters. The van der Waals surface area contributed by atoms with Gasteiger partial charge in [0, 0.05) is 13.1 Å². The number of ketones is 1. The molecule has 7 nitrogen and oxygen atoms in total. The van der Waals surface area contributed by atoms with Gasteiger partial charge in [0.15, 0.2) is 0 Å². The van der Waals surface area contributed by atoms with E-state index in [1.165, 1.54) is 12.0 Å². The Morgan fingerprint density at radius 1 is 1.12 bits per heavy atom. The third-order valence-corrected chi connectivity index (χ3v) is 5.71. The highest BCUT2D eigenvalue weighted by Gasteiger charge is 2.46. The van der Waals surface area contributed by atoms with E-state index in [1.807, 2.05) is 70.1 Å². The van der Waals surface area contributed by atoms with Crippen LogP contribution in [0.4, 0.5) is 0 Å². The Labute approximate surface area is 195 Å². The highest BCUT2D eigenvalue weighted by Crippen LogP contribution is 2.42. The second kappa shape index (κ2) is 10.1. The van der Waals surface area contributed by atoms with E-state index < -0.39 is 17.7 Å². The van der Waals surface area contributed by atoms with Crippen molar-refractivity contribution in [2.75, 3.05) is 40.9 Å². The first kappa shape index (κ1) is 24.3. The van der Waals surface area contributed by atoms with Gasteiger partial charge in [-0.2, -0.15) is 0 Å². The summed E-state index contributed by atoms with van der Waals surface area (Å²) >= 11 is 0. The lowest BCUT2D eigenvalue weighted by Gasteiger charge is -2.27. The highest BCUT2D eigenvalue weighted by molar-refractivity contribution is 6.46. The lowest BCUT2D eigenvalue weighted by Crippen LogP contribution is -2.35. The number of aryl methyl sites for hydroxylation is 2. The number of rotatable bonds is 8. The summed E-state index contributed by atoms with van der Waals surface area (Å²) in [4.78, 5) is 29.7. The average Bonchev–Trinajstić information content (AvgIpc) is 3.02. The Morgan fingerprint density at radius 3 is 2.36 bits per heavy atom. The number of hydrogen-bond donors (Lipinski definition) is 1. The van der Waals surface area contributed by atoms with E-state index in [0.29, 0.717) is 36.8 Å². The molecule has 2 aromatic carbocycles. The smallest absolute Gasteiger partial charge is 0.295 e. The van der Waals surface area contributed by atoms with Crippen molar-refractivity contribution in [3.8, 4) is 11.5 Å². The normalized spacial score (nSPS) is 17.7. The van der Waals surface area contributed by atoms with Crippen molar-refractivity contribution >= 4 is 17.4 Å². The van der Waals surface area contributed by atoms with Crippen molar-refractivity contribution in [2.45, 2.75) is 26.8 Å². The number of Topliss-reactive ketones (excluding diaryl/α,β-unsaturated/α-hetero) is 1. The molecule has 1 aliphatic rings. The Morgan fingerprint density at radius 2 is 1.79 bits per heavy atom. The van der Waals surface area contributed by atoms with Crippen LogP contribution in [-0.4, -0.2) is 67.5 Å². The van der Waals surface area contributed by atoms with Crippen molar-refractivity contribution in [3.63, 3.8) is 0 Å². The van der Waals surface area contributed by atoms with Crippen LogP contribution in [0.1, 0.15) is 35.2 Å². The second-order valence-electron chi connectivity index (χ2n) is 8.46. The molecule has 1 aliphatic heterocycles. The number of aliphatic hydroxyl groups is 1. The third-order valence-electron chi connectivity index (χ3n) is 5.71. The quantitative estimate of drug-likeness (QED) is 0.374. The van der Waals surface area contributed by atoms with E-state index in [4.69, 9.17) is 9.47 Å². The number of methoxy groups -OCH3 is 1. The van der Waals surface area contributed by atoms with Crippen LogP contribution in [-0.2, 0) is 9.59 Å². The lowest BCUT2D eigenvalue weighted by molar-refractivity contribution is -0.140. The van der Waals surface area contributed by atoms with Crippen LogP contribution in [0.3, 0.4) is 0 Å². The van der Waals surface area contributed by atoms with Gasteiger partial charge >= 0.3 is 0 Å². The first-order valence-electron chi connectivity index (χ1n) is 11.0. The molecule has 0 bridgehead atoms. The van der Waals surface area contributed by atoms with Gasteiger partial charge in [0.25, 0.3) is 11.7 Å². The number of likely N-dealkylation sites (tertiary alicyclic amines) is 1. The number of ether oxygens (including phenoxy) is 2. The van der Waals surface area contributed by atoms with Crippen LogP contribution in [0.2, 0.25) is 0 Å². The third kappa shape index (κ3) is 4.88. The summed E-state index contributed by atoms with van der Waals surface area (Å²) in [6, 6.07) is 10.3. The van der Waals surface area contributed by atoms with Crippen molar-refractivity contribution in [1.82, 2.24) is 9.80 Å². The fraction of sp³-hybridized carbons (Fsp3) is 0.385. The van der Waals surface area contributed by atoms with Gasteiger partial charge in [-0.25, -0.2) is 0 Å². The number of benzene rings is 2. The second-order valence-corrected chi connectivity index (χ2v) is 8.46. The fourth-order valence-corrected chi connectivity index (χ4v) is 4.22. The van der Waals surface area contributed by atoms with Crippen LogP contribution in [0.5, 0.6) is 11.5 Å². The molecule has 1 N–H and O–H groups in total. The number of amides is 1. The van der Waals surface area contributed by atoms with Gasteiger partial charge in [-0.1, -0.05) is 18.2 Å². The first-order chi connectivity index (χ1) is 15.7. The molecular weight excluding hydrogens is 420 g/mol. The van der Waals surface area contributed by atoms with Crippen molar-refractivity contribution in [1.29, 1.82) is 0 Å². The highest BCUT2D eigenvalue weighted by atomic mass is 16.5. The van der Waals surface area contributed by atoms with Gasteiger partial charge in [0.2, 0.25) is 0 Å². The predicted molar refractivity (Wildman–Crippen MR) is 128 cm³/mol. The number of carbonyl (C=O) groups is 2.